The van der Waals surface area contributed by atoms with Crippen molar-refractivity contribution in [2.45, 2.75) is 13.7 Å². The molecule has 12 heavy (non-hydrogen) atoms. The van der Waals surface area contributed by atoms with Crippen LogP contribution in [0.5, 0.6) is 0 Å². The van der Waals surface area contributed by atoms with E-state index in [1.165, 1.54) is 12.1 Å². The normalized spacial score (nSPS) is 10.1. The number of H-pyrrole nitrogens is 1. The van der Waals surface area contributed by atoms with Crippen LogP contribution >= 0.6 is 0 Å². The van der Waals surface area contributed by atoms with E-state index >= 15 is 0 Å². The summed E-state index contributed by atoms with van der Waals surface area (Å²) in [7, 11) is 0. The molecule has 0 fully saturated rings. The number of hydrogen-bond acceptors (Lipinski definition) is 3. The van der Waals surface area contributed by atoms with Gasteiger partial charge in [-0.15, -0.1) is 0 Å². The smallest absolute Gasteiger partial charge is 0.267 e. The molecule has 0 aliphatic heterocycles. The first-order chi connectivity index (χ1) is 5.74. The first-order valence-electron chi connectivity index (χ1n) is 3.62. The van der Waals surface area contributed by atoms with Gasteiger partial charge in [-0.3, -0.25) is 14.7 Å². The fourth-order valence-electron chi connectivity index (χ4n) is 0.741. The summed E-state index contributed by atoms with van der Waals surface area (Å²) < 4.78 is 6.07. The largest absolute Gasteiger partial charge is 0.359 e. The van der Waals surface area contributed by atoms with E-state index in [0.717, 1.165) is 4.68 Å². The monoisotopic (exact) mass is 170 g/mol. The Morgan fingerprint density at radius 3 is 2.92 bits per heavy atom. The van der Waals surface area contributed by atoms with Gasteiger partial charge >= 0.3 is 0 Å². The molecule has 0 unspecified atom stereocenters. The fourth-order valence-corrected chi connectivity index (χ4v) is 0.741. The predicted molar refractivity (Wildman–Crippen MR) is 42.9 cm³/mol. The highest BCUT2D eigenvalue weighted by Crippen LogP contribution is 1.75. The van der Waals surface area contributed by atoms with Gasteiger partial charge in [0.25, 0.3) is 11.1 Å². The molecule has 5 heteroatoms. The van der Waals surface area contributed by atoms with Crippen molar-refractivity contribution in [3.05, 3.63) is 32.8 Å². The molecule has 1 aromatic heterocycles. The third-order valence-electron chi connectivity index (χ3n) is 1.31. The average molecular weight is 170 g/mol. The van der Waals surface area contributed by atoms with Crippen molar-refractivity contribution >= 4 is 0 Å². The summed E-state index contributed by atoms with van der Waals surface area (Å²) in [6, 6.07) is 2.39. The lowest BCUT2D eigenvalue weighted by atomic mass is 10.6. The average Bonchev–Trinajstić information content (AvgIpc) is 2.07. The minimum absolute atomic E-state index is 0.0887. The number of nitrogens with one attached hydrogen (secondary N) is 1. The molecule has 0 spiro atoms. The van der Waals surface area contributed by atoms with Crippen LogP contribution in [-0.2, 0) is 11.5 Å². The minimum atomic E-state index is -0.311. The molecule has 0 bridgehead atoms. The zero-order chi connectivity index (χ0) is 8.97. The third-order valence-corrected chi connectivity index (χ3v) is 1.31. The van der Waals surface area contributed by atoms with Gasteiger partial charge in [-0.2, -0.15) is 0 Å². The van der Waals surface area contributed by atoms with Crippen LogP contribution < -0.4 is 11.1 Å². The van der Waals surface area contributed by atoms with E-state index in [-0.39, 0.29) is 17.8 Å². The molecule has 0 saturated carbocycles. The zero-order valence-corrected chi connectivity index (χ0v) is 6.74. The second-order valence-corrected chi connectivity index (χ2v) is 2.20. The Hall–Kier alpha value is -1.36. The third kappa shape index (κ3) is 2.06. The highest BCUT2D eigenvalue weighted by molar-refractivity contribution is 4.85. The van der Waals surface area contributed by atoms with Gasteiger partial charge in [0.1, 0.15) is 6.73 Å². The quantitative estimate of drug-likeness (QED) is 0.667. The second-order valence-electron chi connectivity index (χ2n) is 2.20. The Balaban J connectivity index is 2.90. The van der Waals surface area contributed by atoms with Crippen LogP contribution in [-0.4, -0.2) is 16.4 Å². The van der Waals surface area contributed by atoms with E-state index in [4.69, 9.17) is 4.74 Å². The molecule has 0 aliphatic carbocycles. The highest BCUT2D eigenvalue weighted by atomic mass is 16.5. The van der Waals surface area contributed by atoms with Crippen LogP contribution in [0.15, 0.2) is 21.7 Å². The second kappa shape index (κ2) is 3.87. The molecule has 1 aromatic rings. The summed E-state index contributed by atoms with van der Waals surface area (Å²) in [4.78, 5) is 21.7. The number of aromatic nitrogens is 2. The molecule has 0 atom stereocenters. The molecule has 1 heterocycles. The van der Waals surface area contributed by atoms with Crippen LogP contribution in [0, 0.1) is 0 Å². The molecule has 1 N–H and O–H groups in total. The molecule has 0 aromatic carbocycles. The number of ether oxygens (including phenoxy) is 1. The van der Waals surface area contributed by atoms with Gasteiger partial charge in [-0.25, -0.2) is 4.68 Å². The van der Waals surface area contributed by atoms with Crippen LogP contribution in [0.1, 0.15) is 6.92 Å². The van der Waals surface area contributed by atoms with Crippen LogP contribution in [0.4, 0.5) is 0 Å². The molecule has 66 valence electrons. The van der Waals surface area contributed by atoms with Crippen molar-refractivity contribution in [1.29, 1.82) is 0 Å². The van der Waals surface area contributed by atoms with Gasteiger partial charge < -0.3 is 4.74 Å². The zero-order valence-electron chi connectivity index (χ0n) is 6.74. The predicted octanol–water partition coefficient (Wildman–Crippen LogP) is -0.469. The summed E-state index contributed by atoms with van der Waals surface area (Å²) in [6.45, 7) is 2.40. The Labute approximate surface area is 68.6 Å². The fraction of sp³-hybridized carbons (Fsp3) is 0.429. The first kappa shape index (κ1) is 8.73. The molecule has 0 radical (unpaired) electrons. The number of aromatic amines is 1. The van der Waals surface area contributed by atoms with Crippen LogP contribution in [0.3, 0.4) is 0 Å². The van der Waals surface area contributed by atoms with Crippen molar-refractivity contribution in [2.75, 3.05) is 6.61 Å². The van der Waals surface area contributed by atoms with Crippen molar-refractivity contribution in [2.24, 2.45) is 0 Å². The Bertz CT molecular complexity index is 352. The number of rotatable bonds is 3. The van der Waals surface area contributed by atoms with E-state index in [9.17, 15) is 9.59 Å². The lowest BCUT2D eigenvalue weighted by Gasteiger charge is -2.02. The van der Waals surface area contributed by atoms with Gasteiger partial charge in [0.15, 0.2) is 0 Å². The van der Waals surface area contributed by atoms with E-state index in [1.807, 2.05) is 6.92 Å². The summed E-state index contributed by atoms with van der Waals surface area (Å²) in [6.07, 6.45) is 0. The molecule has 0 aliphatic rings. The maximum atomic E-state index is 11.0. The molecular weight excluding hydrogens is 160 g/mol. The van der Waals surface area contributed by atoms with Gasteiger partial charge in [0, 0.05) is 18.7 Å². The van der Waals surface area contributed by atoms with Gasteiger partial charge in [-0.1, -0.05) is 0 Å². The Kier molecular flexibility index (Phi) is 2.82. The standard InChI is InChI=1S/C7H10N2O3/c1-2-12-5-9-7(11)4-3-6(10)8-9/h3-4H,2,5H2,1H3,(H,8,10). The van der Waals surface area contributed by atoms with Crippen molar-refractivity contribution in [3.63, 3.8) is 0 Å². The topological polar surface area (TPSA) is 64.1 Å². The highest BCUT2D eigenvalue weighted by Gasteiger charge is 1.93. The van der Waals surface area contributed by atoms with E-state index in [2.05, 4.69) is 5.10 Å². The van der Waals surface area contributed by atoms with Gasteiger partial charge in [0.05, 0.1) is 0 Å². The maximum absolute atomic E-state index is 11.0. The maximum Gasteiger partial charge on any atom is 0.267 e. The molecule has 1 rings (SSSR count). The summed E-state index contributed by atoms with van der Waals surface area (Å²) in [5.74, 6) is 0. The van der Waals surface area contributed by atoms with Crippen LogP contribution in [0.25, 0.3) is 0 Å². The lowest BCUT2D eigenvalue weighted by Crippen LogP contribution is -2.28. The molecule has 0 saturated heterocycles. The van der Waals surface area contributed by atoms with Crippen molar-refractivity contribution in [3.8, 4) is 0 Å². The van der Waals surface area contributed by atoms with E-state index in [0.29, 0.717) is 6.61 Å². The van der Waals surface area contributed by atoms with Gasteiger partial charge in [-0.05, 0) is 6.92 Å². The Morgan fingerprint density at radius 2 is 2.25 bits per heavy atom. The Morgan fingerprint density at radius 1 is 1.50 bits per heavy atom. The first-order valence-corrected chi connectivity index (χ1v) is 3.62. The van der Waals surface area contributed by atoms with Gasteiger partial charge in [0.2, 0.25) is 0 Å². The van der Waals surface area contributed by atoms with Crippen molar-refractivity contribution < 1.29 is 4.74 Å². The minimum Gasteiger partial charge on any atom is -0.359 e. The molecular formula is C7H10N2O3. The van der Waals surface area contributed by atoms with Crippen LogP contribution in [0.2, 0.25) is 0 Å². The molecule has 0 amide bonds. The molecule has 5 nitrogen and oxygen atoms in total. The SMILES string of the molecule is CCOCn1[nH]c(=O)ccc1=O. The summed E-state index contributed by atoms with van der Waals surface area (Å²) >= 11 is 0. The number of nitrogens with zero attached hydrogens (tertiary/aromatic N) is 1. The van der Waals surface area contributed by atoms with Crippen molar-refractivity contribution in [1.82, 2.24) is 9.78 Å². The summed E-state index contributed by atoms with van der Waals surface area (Å²) in [5.41, 5.74) is -0.586. The lowest BCUT2D eigenvalue weighted by molar-refractivity contribution is 0.0750. The van der Waals surface area contributed by atoms with E-state index in [1.54, 1.807) is 0 Å². The number of hydrogen-bond donors (Lipinski definition) is 1. The summed E-state index contributed by atoms with van der Waals surface area (Å²) in [5, 5.41) is 2.33. The van der Waals surface area contributed by atoms with E-state index < -0.39 is 0 Å².